The number of hydrogen-bond donors (Lipinski definition) is 12. The van der Waals surface area contributed by atoms with Crippen LogP contribution in [0.15, 0.2) is 48.6 Å². The van der Waals surface area contributed by atoms with Crippen LogP contribution in [-0.2, 0) is 33.2 Å². The number of aliphatic hydroxyl groups excluding tert-OH is 11. The highest BCUT2D eigenvalue weighted by atomic mass is 16.8. The van der Waals surface area contributed by atoms with Crippen LogP contribution >= 0.6 is 0 Å². The minimum Gasteiger partial charge on any atom is -0.394 e. The molecular formula is C68H123NO18. The Morgan fingerprint density at radius 2 is 0.759 bits per heavy atom. The van der Waals surface area contributed by atoms with Crippen molar-refractivity contribution in [3.63, 3.8) is 0 Å². The Labute approximate surface area is 523 Å². The minimum atomic E-state index is -1.98. The van der Waals surface area contributed by atoms with Gasteiger partial charge in [-0.05, 0) is 57.8 Å². The SMILES string of the molecule is CCCCCCC/C=C\C/C=C\C/C=C\CCCCCCCCCCCCCCCCC(=O)NC(COC1OC(CO)C(OC2OC(CO)C(OC3OC(CO)C(O)C(O)C3O)C(O)C2O)C(O)C1O)C(O)/C=C/CCCCCCCCCCCCC. The topological polar surface area (TPSA) is 307 Å². The van der Waals surface area contributed by atoms with Gasteiger partial charge in [0.15, 0.2) is 18.9 Å². The summed E-state index contributed by atoms with van der Waals surface area (Å²) in [5, 5.41) is 120. The van der Waals surface area contributed by atoms with E-state index in [0.717, 1.165) is 57.8 Å². The summed E-state index contributed by atoms with van der Waals surface area (Å²) in [5.74, 6) is -0.277. The monoisotopic (exact) mass is 1240 g/mol. The molecule has 0 radical (unpaired) electrons. The first-order valence-corrected chi connectivity index (χ1v) is 34.4. The average Bonchev–Trinajstić information content (AvgIpc) is 1.69. The lowest BCUT2D eigenvalue weighted by Crippen LogP contribution is -2.66. The van der Waals surface area contributed by atoms with E-state index in [1.807, 2.05) is 6.08 Å². The maximum Gasteiger partial charge on any atom is 0.220 e. The number of amides is 1. The molecule has 3 fully saturated rings. The van der Waals surface area contributed by atoms with E-state index in [1.165, 1.54) is 161 Å². The van der Waals surface area contributed by atoms with Gasteiger partial charge in [0.2, 0.25) is 5.91 Å². The van der Waals surface area contributed by atoms with Gasteiger partial charge in [-0.15, -0.1) is 0 Å². The summed E-state index contributed by atoms with van der Waals surface area (Å²) < 4.78 is 34.3. The molecule has 0 aliphatic carbocycles. The highest BCUT2D eigenvalue weighted by Crippen LogP contribution is 2.33. The molecule has 0 bridgehead atoms. The van der Waals surface area contributed by atoms with E-state index in [9.17, 15) is 61.0 Å². The summed E-state index contributed by atoms with van der Waals surface area (Å²) >= 11 is 0. The molecule has 3 heterocycles. The van der Waals surface area contributed by atoms with E-state index in [2.05, 4.69) is 55.6 Å². The Morgan fingerprint density at radius 1 is 0.414 bits per heavy atom. The molecule has 19 heteroatoms. The molecule has 3 aliphatic rings. The summed E-state index contributed by atoms with van der Waals surface area (Å²) in [6.07, 6.45) is 32.4. The van der Waals surface area contributed by atoms with Crippen LogP contribution in [-0.4, -0.2) is 193 Å². The van der Waals surface area contributed by atoms with Crippen molar-refractivity contribution in [3.05, 3.63) is 48.6 Å². The molecule has 1 amide bonds. The van der Waals surface area contributed by atoms with Crippen LogP contribution in [0.2, 0.25) is 0 Å². The number of hydrogen-bond acceptors (Lipinski definition) is 18. The van der Waals surface area contributed by atoms with Crippen molar-refractivity contribution in [1.29, 1.82) is 0 Å². The number of aliphatic hydroxyl groups is 11. The highest BCUT2D eigenvalue weighted by Gasteiger charge is 2.53. The van der Waals surface area contributed by atoms with Gasteiger partial charge < -0.3 is 89.9 Å². The van der Waals surface area contributed by atoms with Gasteiger partial charge in [-0.3, -0.25) is 4.79 Å². The molecule has 0 aromatic rings. The molecule has 3 rings (SSSR count). The van der Waals surface area contributed by atoms with Crippen molar-refractivity contribution >= 4 is 5.91 Å². The third kappa shape index (κ3) is 32.7. The maximum atomic E-state index is 13.4. The molecule has 0 spiro atoms. The second-order valence-electron chi connectivity index (χ2n) is 24.6. The van der Waals surface area contributed by atoms with E-state index in [-0.39, 0.29) is 18.9 Å². The normalized spacial score (nSPS) is 28.9. The molecule has 87 heavy (non-hydrogen) atoms. The van der Waals surface area contributed by atoms with Crippen LogP contribution in [0.5, 0.6) is 0 Å². The minimum absolute atomic E-state index is 0.242. The number of carbonyl (C=O) groups is 1. The number of unbranched alkanes of at least 4 members (excludes halogenated alkanes) is 30. The first-order chi connectivity index (χ1) is 42.3. The van der Waals surface area contributed by atoms with E-state index >= 15 is 0 Å². The lowest BCUT2D eigenvalue weighted by Gasteiger charge is -2.48. The van der Waals surface area contributed by atoms with Gasteiger partial charge in [0.25, 0.3) is 0 Å². The van der Waals surface area contributed by atoms with E-state index in [1.54, 1.807) is 6.08 Å². The summed E-state index contributed by atoms with van der Waals surface area (Å²) in [6, 6.07) is -0.973. The van der Waals surface area contributed by atoms with Gasteiger partial charge in [0.1, 0.15) is 73.2 Å². The maximum absolute atomic E-state index is 13.4. The molecule has 0 aromatic carbocycles. The van der Waals surface area contributed by atoms with Crippen LogP contribution in [0.3, 0.4) is 0 Å². The fourth-order valence-corrected chi connectivity index (χ4v) is 11.5. The van der Waals surface area contributed by atoms with Gasteiger partial charge in [0.05, 0.1) is 38.6 Å². The number of allylic oxidation sites excluding steroid dienone is 7. The molecule has 508 valence electrons. The second kappa shape index (κ2) is 50.3. The van der Waals surface area contributed by atoms with Gasteiger partial charge in [0, 0.05) is 6.42 Å². The van der Waals surface area contributed by atoms with Gasteiger partial charge in [-0.1, -0.05) is 229 Å². The predicted octanol–water partition coefficient (Wildman–Crippen LogP) is 8.61. The predicted molar refractivity (Wildman–Crippen MR) is 337 cm³/mol. The summed E-state index contributed by atoms with van der Waals surface area (Å²) in [7, 11) is 0. The molecule has 19 nitrogen and oxygen atoms in total. The summed E-state index contributed by atoms with van der Waals surface area (Å²) in [5.41, 5.74) is 0. The molecule has 3 saturated heterocycles. The third-order valence-electron chi connectivity index (χ3n) is 17.1. The first-order valence-electron chi connectivity index (χ1n) is 34.4. The van der Waals surface area contributed by atoms with Crippen molar-refractivity contribution in [2.75, 3.05) is 26.4 Å². The number of rotatable bonds is 52. The quantitative estimate of drug-likeness (QED) is 0.0200. The van der Waals surface area contributed by atoms with Crippen LogP contribution < -0.4 is 5.32 Å². The van der Waals surface area contributed by atoms with Crippen molar-refractivity contribution in [3.8, 4) is 0 Å². The Balaban J connectivity index is 1.39. The van der Waals surface area contributed by atoms with E-state index in [4.69, 9.17) is 28.4 Å². The van der Waals surface area contributed by atoms with Crippen LogP contribution in [0, 0.1) is 0 Å². The van der Waals surface area contributed by atoms with Crippen molar-refractivity contribution in [1.82, 2.24) is 5.32 Å². The Kier molecular flexibility index (Phi) is 45.7. The zero-order valence-electron chi connectivity index (χ0n) is 53.5. The van der Waals surface area contributed by atoms with E-state index in [0.29, 0.717) is 6.42 Å². The highest BCUT2D eigenvalue weighted by molar-refractivity contribution is 5.76. The molecule has 0 saturated carbocycles. The van der Waals surface area contributed by atoms with Crippen molar-refractivity contribution < 1.29 is 89.4 Å². The van der Waals surface area contributed by atoms with Crippen LogP contribution in [0.4, 0.5) is 0 Å². The smallest absolute Gasteiger partial charge is 0.220 e. The lowest BCUT2D eigenvalue weighted by molar-refractivity contribution is -0.379. The van der Waals surface area contributed by atoms with Gasteiger partial charge in [-0.2, -0.15) is 0 Å². The van der Waals surface area contributed by atoms with Crippen molar-refractivity contribution in [2.45, 2.75) is 349 Å². The number of ether oxygens (including phenoxy) is 6. The Morgan fingerprint density at radius 3 is 1.18 bits per heavy atom. The fraction of sp³-hybridized carbons (Fsp3) is 0.868. The lowest BCUT2D eigenvalue weighted by atomic mass is 9.96. The van der Waals surface area contributed by atoms with Gasteiger partial charge in [-0.25, -0.2) is 0 Å². The van der Waals surface area contributed by atoms with Crippen LogP contribution in [0.25, 0.3) is 0 Å². The standard InChI is InChI=1S/C68H123NO18/c1-3-5-7-9-11-13-15-17-18-19-20-21-22-23-24-25-26-27-28-29-30-31-32-34-36-38-40-42-44-46-56(74)69-51(52(73)45-43-41-39-37-35-33-16-14-12-10-8-6-4-2)50-82-66-62(80)59(77)64(54(48-71)84-66)87-68-63(81)60(78)65(55(49-72)85-68)86-67-61(79)58(76)57(75)53(47-70)83-67/h15,17,19-20,22-23,43,45,51-55,57-68,70-73,75-81H,3-14,16,18,21,24-42,44,46-50H2,1-2H3,(H,69,74)/b17-15-,20-19-,23-22-,45-43+. The van der Waals surface area contributed by atoms with E-state index < -0.39 is 124 Å². The summed E-state index contributed by atoms with van der Waals surface area (Å²) in [4.78, 5) is 13.4. The second-order valence-corrected chi connectivity index (χ2v) is 24.6. The number of carbonyl (C=O) groups excluding carboxylic acids is 1. The van der Waals surface area contributed by atoms with Crippen molar-refractivity contribution in [2.24, 2.45) is 0 Å². The largest absolute Gasteiger partial charge is 0.394 e. The zero-order valence-corrected chi connectivity index (χ0v) is 53.5. The zero-order chi connectivity index (χ0) is 63.3. The Bertz CT molecular complexity index is 1770. The van der Waals surface area contributed by atoms with Gasteiger partial charge >= 0.3 is 0 Å². The molecule has 17 unspecified atom stereocenters. The van der Waals surface area contributed by atoms with Crippen LogP contribution in [0.1, 0.15) is 245 Å². The molecule has 0 aromatic heterocycles. The first kappa shape index (κ1) is 79.0. The molecule has 17 atom stereocenters. The molecule has 3 aliphatic heterocycles. The fourth-order valence-electron chi connectivity index (χ4n) is 11.5. The third-order valence-corrected chi connectivity index (χ3v) is 17.1. The molecular weight excluding hydrogens is 1120 g/mol. The number of nitrogens with one attached hydrogen (secondary N) is 1. The molecule has 12 N–H and O–H groups in total. The Hall–Kier alpha value is -2.25. The average molecular weight is 1240 g/mol. The summed E-state index contributed by atoms with van der Waals surface area (Å²) in [6.45, 7) is 1.71.